The van der Waals surface area contributed by atoms with Crippen LogP contribution >= 0.6 is 11.3 Å². The molecule has 3 heterocycles. The van der Waals surface area contributed by atoms with Crippen LogP contribution in [0.15, 0.2) is 11.6 Å². The van der Waals surface area contributed by atoms with E-state index in [1.54, 1.807) is 0 Å². The van der Waals surface area contributed by atoms with E-state index in [9.17, 15) is 32.5 Å². The molecule has 0 radical (unpaired) electrons. The Labute approximate surface area is 219 Å². The summed E-state index contributed by atoms with van der Waals surface area (Å²) in [5.41, 5.74) is 18.4. The number of nitrogens with zero attached hydrogens (tertiary/aromatic N) is 5. The second kappa shape index (κ2) is 10.5. The van der Waals surface area contributed by atoms with E-state index in [-0.39, 0.29) is 34.5 Å². The van der Waals surface area contributed by atoms with Crippen LogP contribution in [0, 0.1) is 0 Å². The molecule has 0 bridgehead atoms. The quantitative estimate of drug-likeness (QED) is 0.0714. The monoisotopic (exact) mass is 574 g/mol. The molecule has 38 heavy (non-hydrogen) atoms. The number of nitrogens with one attached hydrogen (secondary N) is 2. The Bertz CT molecular complexity index is 1330. The third-order valence-electron chi connectivity index (χ3n) is 6.04. The molecule has 0 spiro atoms. The topological polar surface area (TPSA) is 284 Å². The molecule has 2 aromatic heterocycles. The number of nitrogen functional groups attached to an aromatic ring is 1. The molecule has 18 nitrogen and oxygen atoms in total. The van der Waals surface area contributed by atoms with E-state index in [0.29, 0.717) is 18.7 Å². The highest BCUT2D eigenvalue weighted by atomic mass is 32.2. The number of amides is 2. The summed E-state index contributed by atoms with van der Waals surface area (Å²) in [4.78, 5) is 47.7. The Morgan fingerprint density at radius 2 is 2.05 bits per heavy atom. The van der Waals surface area contributed by atoms with Crippen LogP contribution in [0.25, 0.3) is 0 Å². The number of carboxylic acids is 1. The number of aliphatic carboxylic acids is 1. The molecule has 1 unspecified atom stereocenters. The molecule has 0 aromatic carbocycles. The molecule has 2 aliphatic rings. The molecule has 4 rings (SSSR count). The van der Waals surface area contributed by atoms with Crippen molar-refractivity contribution < 1.29 is 37.3 Å². The number of carboxylic acid groups (broad SMARTS) is 1. The molecule has 1 saturated heterocycles. The van der Waals surface area contributed by atoms with E-state index in [1.807, 2.05) is 0 Å². The first kappa shape index (κ1) is 27.8. The van der Waals surface area contributed by atoms with E-state index >= 15 is 0 Å². The third kappa shape index (κ3) is 5.60. The minimum absolute atomic E-state index is 0.0772. The average molecular weight is 575 g/mol. The van der Waals surface area contributed by atoms with Crippen molar-refractivity contribution in [2.24, 2.45) is 11.5 Å². The standard InChI is InChI=1S/C18H26N10O8S2/c19-4-1-8(20)9-5-22-27(25-9)6-11-13(15(30)28(11)38(33,34)35)24-14(29)12(10-7-37-17(21)23-10)26-36-18(2-3-18)16(31)32/h5,7-8,11-13,26H,1-4,6,19-20H2,(H2,21,23)(H,24,29)(H,31,32)(H,33,34,35)/t8-,11-,12?,13+/m1/s1. The number of rotatable bonds is 13. The number of carbonyl (C=O) groups excluding carboxylic acids is 2. The van der Waals surface area contributed by atoms with Crippen LogP contribution in [0.5, 0.6) is 0 Å². The summed E-state index contributed by atoms with van der Waals surface area (Å²) in [6, 6.07) is -4.66. The largest absolute Gasteiger partial charge is 0.479 e. The lowest BCUT2D eigenvalue weighted by molar-refractivity contribution is -0.165. The summed E-state index contributed by atoms with van der Waals surface area (Å²) in [7, 11) is -4.98. The van der Waals surface area contributed by atoms with Gasteiger partial charge in [0.2, 0.25) is 5.91 Å². The van der Waals surface area contributed by atoms with Crippen molar-refractivity contribution in [2.45, 2.75) is 55.6 Å². The zero-order valence-electron chi connectivity index (χ0n) is 19.6. The van der Waals surface area contributed by atoms with Gasteiger partial charge in [0, 0.05) is 5.38 Å². The molecule has 1 aliphatic carbocycles. The highest BCUT2D eigenvalue weighted by molar-refractivity contribution is 7.84. The van der Waals surface area contributed by atoms with Crippen LogP contribution < -0.4 is 28.0 Å². The summed E-state index contributed by atoms with van der Waals surface area (Å²) < 4.78 is 33.5. The lowest BCUT2D eigenvalue weighted by Crippen LogP contribution is -2.73. The van der Waals surface area contributed by atoms with Crippen LogP contribution in [0.3, 0.4) is 0 Å². The molecule has 2 amide bonds. The zero-order chi connectivity index (χ0) is 27.8. The lowest BCUT2D eigenvalue weighted by Gasteiger charge is -2.44. The van der Waals surface area contributed by atoms with Crippen LogP contribution in [0.1, 0.15) is 42.7 Å². The number of thiazole rings is 1. The van der Waals surface area contributed by atoms with E-state index in [1.165, 1.54) is 11.6 Å². The molecule has 4 atom stereocenters. The van der Waals surface area contributed by atoms with Gasteiger partial charge < -0.3 is 27.6 Å². The van der Waals surface area contributed by atoms with E-state index in [0.717, 1.165) is 16.1 Å². The fraction of sp³-hybridized carbons (Fsp3) is 0.556. The van der Waals surface area contributed by atoms with Gasteiger partial charge in [-0.05, 0) is 25.8 Å². The minimum atomic E-state index is -4.98. The SMILES string of the molecule is NCC[C@@H](N)c1cnn(C[C@@H]2[C@H](NC(=O)C(NOC3(C(=O)O)CC3)c3csc(N)n3)C(=O)N2S(=O)(=O)O)n1. The van der Waals surface area contributed by atoms with E-state index in [2.05, 4.69) is 26.0 Å². The van der Waals surface area contributed by atoms with Crippen molar-refractivity contribution >= 4 is 44.6 Å². The maximum Gasteiger partial charge on any atom is 0.362 e. The molecule has 1 saturated carbocycles. The first-order valence-corrected chi connectivity index (χ1v) is 13.5. The van der Waals surface area contributed by atoms with Crippen molar-refractivity contribution in [1.82, 2.24) is 35.1 Å². The molecule has 2 fully saturated rings. The van der Waals surface area contributed by atoms with Crippen LogP contribution in [0.4, 0.5) is 5.13 Å². The van der Waals surface area contributed by atoms with Gasteiger partial charge in [-0.15, -0.1) is 11.3 Å². The fourth-order valence-electron chi connectivity index (χ4n) is 3.77. The van der Waals surface area contributed by atoms with Crippen molar-refractivity contribution in [3.63, 3.8) is 0 Å². The molecule has 20 heteroatoms. The first-order chi connectivity index (χ1) is 17.9. The second-order valence-corrected chi connectivity index (χ2v) is 10.9. The Balaban J connectivity index is 1.52. The number of anilines is 1. The number of hydrogen-bond donors (Lipinski definition) is 7. The van der Waals surface area contributed by atoms with Gasteiger partial charge in [-0.25, -0.2) is 14.1 Å². The normalized spacial score (nSPS) is 22.0. The van der Waals surface area contributed by atoms with Crippen molar-refractivity contribution in [3.8, 4) is 0 Å². The van der Waals surface area contributed by atoms with Gasteiger partial charge in [0.05, 0.1) is 30.2 Å². The van der Waals surface area contributed by atoms with Crippen LogP contribution in [0.2, 0.25) is 0 Å². The molecule has 2 aromatic rings. The van der Waals surface area contributed by atoms with Gasteiger partial charge in [-0.3, -0.25) is 19.0 Å². The van der Waals surface area contributed by atoms with Crippen LogP contribution in [-0.4, -0.2) is 84.4 Å². The second-order valence-electron chi connectivity index (χ2n) is 8.74. The highest BCUT2D eigenvalue weighted by Crippen LogP contribution is 2.39. The molecular formula is C18H26N10O8S2. The first-order valence-electron chi connectivity index (χ1n) is 11.2. The highest BCUT2D eigenvalue weighted by Gasteiger charge is 2.56. The molecule has 1 aliphatic heterocycles. The molecule has 208 valence electrons. The summed E-state index contributed by atoms with van der Waals surface area (Å²) in [6.07, 6.45) is 2.19. The summed E-state index contributed by atoms with van der Waals surface area (Å²) in [5, 5.41) is 21.5. The minimum Gasteiger partial charge on any atom is -0.479 e. The predicted octanol–water partition coefficient (Wildman–Crippen LogP) is -2.96. The Hall–Kier alpha value is -3.27. The van der Waals surface area contributed by atoms with Gasteiger partial charge in [0.1, 0.15) is 12.1 Å². The average Bonchev–Trinajstić information content (AvgIpc) is 3.27. The Kier molecular flexibility index (Phi) is 7.65. The van der Waals surface area contributed by atoms with Crippen LogP contribution in [-0.2, 0) is 36.1 Å². The smallest absolute Gasteiger partial charge is 0.362 e. The lowest BCUT2D eigenvalue weighted by atomic mass is 9.98. The number of hydrogen-bond acceptors (Lipinski definition) is 14. The van der Waals surface area contributed by atoms with Gasteiger partial charge in [-0.1, -0.05) is 0 Å². The fourth-order valence-corrected chi connectivity index (χ4v) is 5.23. The van der Waals surface area contributed by atoms with Crippen molar-refractivity contribution in [1.29, 1.82) is 0 Å². The summed E-state index contributed by atoms with van der Waals surface area (Å²) in [6.45, 7) is -0.0286. The maximum absolute atomic E-state index is 13.2. The summed E-state index contributed by atoms with van der Waals surface area (Å²) in [5.74, 6) is -3.23. The third-order valence-corrected chi connectivity index (χ3v) is 7.68. The summed E-state index contributed by atoms with van der Waals surface area (Å²) >= 11 is 1.01. The zero-order valence-corrected chi connectivity index (χ0v) is 21.3. The maximum atomic E-state index is 13.2. The Morgan fingerprint density at radius 3 is 2.61 bits per heavy atom. The predicted molar refractivity (Wildman–Crippen MR) is 128 cm³/mol. The molecular weight excluding hydrogens is 548 g/mol. The molecule has 10 N–H and O–H groups in total. The van der Waals surface area contributed by atoms with Gasteiger partial charge in [0.25, 0.3) is 5.91 Å². The van der Waals surface area contributed by atoms with Gasteiger partial charge >= 0.3 is 16.3 Å². The van der Waals surface area contributed by atoms with Gasteiger partial charge in [-0.2, -0.15) is 28.9 Å². The number of aromatic nitrogens is 4. The number of hydroxylamine groups is 1. The number of nitrogens with two attached hydrogens (primary N) is 3. The van der Waals surface area contributed by atoms with Crippen molar-refractivity contribution in [3.05, 3.63) is 23.0 Å². The number of β-lactam (4-membered cyclic amide) rings is 1. The van der Waals surface area contributed by atoms with E-state index in [4.69, 9.17) is 22.0 Å². The van der Waals surface area contributed by atoms with E-state index < -0.39 is 57.9 Å². The number of carbonyl (C=O) groups is 3. The van der Waals surface area contributed by atoms with Gasteiger partial charge in [0.15, 0.2) is 16.8 Å². The Morgan fingerprint density at radius 1 is 1.34 bits per heavy atom. The van der Waals surface area contributed by atoms with Crippen molar-refractivity contribution in [2.75, 3.05) is 12.3 Å².